The van der Waals surface area contributed by atoms with E-state index in [1.54, 1.807) is 10.8 Å². The van der Waals surface area contributed by atoms with E-state index in [1.165, 1.54) is 12.2 Å². The van der Waals surface area contributed by atoms with Gasteiger partial charge in [0.25, 0.3) is 5.78 Å². The molecule has 1 spiro atoms. The van der Waals surface area contributed by atoms with E-state index < -0.39 is 0 Å². The van der Waals surface area contributed by atoms with Crippen LogP contribution in [0.2, 0.25) is 0 Å². The second kappa shape index (κ2) is 5.14. The van der Waals surface area contributed by atoms with Gasteiger partial charge in [0.1, 0.15) is 12.1 Å². The monoisotopic (exact) mass is 305 g/mol. The molecule has 0 aromatic carbocycles. The van der Waals surface area contributed by atoms with Crippen LogP contribution in [0.3, 0.4) is 0 Å². The summed E-state index contributed by atoms with van der Waals surface area (Å²) in [6.45, 7) is 2.82. The van der Waals surface area contributed by atoms with E-state index in [9.17, 15) is 0 Å². The highest BCUT2D eigenvalue weighted by Crippen LogP contribution is 2.38. The number of rotatable bonds is 2. The topological polar surface area (TPSA) is 64.3 Å². The molecule has 0 aliphatic carbocycles. The Kier molecular flexibility index (Phi) is 3.26. The second-order valence-corrected chi connectivity index (χ2v) is 7.03. The van der Waals surface area contributed by atoms with E-state index >= 15 is 0 Å². The molecular weight excluding hydrogens is 286 g/mol. The van der Waals surface area contributed by atoms with Gasteiger partial charge in [-0.05, 0) is 31.9 Å². The molecule has 0 saturated carbocycles. The molecule has 2 aliphatic heterocycles. The molecule has 0 amide bonds. The van der Waals surface area contributed by atoms with E-state index in [0.29, 0.717) is 11.8 Å². The van der Waals surface area contributed by atoms with Gasteiger partial charge in [-0.2, -0.15) is 26.4 Å². The van der Waals surface area contributed by atoms with Crippen LogP contribution in [-0.2, 0) is 4.74 Å². The molecule has 4 rings (SSSR count). The zero-order valence-electron chi connectivity index (χ0n) is 12.1. The summed E-state index contributed by atoms with van der Waals surface area (Å²) in [6, 6.07) is 2.46. The lowest BCUT2D eigenvalue weighted by Crippen LogP contribution is -2.44. The van der Waals surface area contributed by atoms with Gasteiger partial charge in [0, 0.05) is 30.2 Å². The molecule has 2 aromatic rings. The summed E-state index contributed by atoms with van der Waals surface area (Å²) < 4.78 is 7.86. The van der Waals surface area contributed by atoms with Gasteiger partial charge in [-0.3, -0.25) is 0 Å². The normalized spacial score (nSPS) is 29.3. The molecule has 0 radical (unpaired) electrons. The number of nitrogens with one attached hydrogen (secondary N) is 1. The van der Waals surface area contributed by atoms with Crippen molar-refractivity contribution in [2.24, 2.45) is 0 Å². The van der Waals surface area contributed by atoms with Crippen LogP contribution in [-0.4, -0.2) is 49.3 Å². The van der Waals surface area contributed by atoms with E-state index in [4.69, 9.17) is 4.74 Å². The van der Waals surface area contributed by atoms with E-state index in [2.05, 4.69) is 20.4 Å². The molecule has 112 valence electrons. The van der Waals surface area contributed by atoms with Crippen molar-refractivity contribution in [1.82, 2.24) is 19.6 Å². The summed E-state index contributed by atoms with van der Waals surface area (Å²) >= 11 is 2.00. The molecule has 2 atom stereocenters. The fraction of sp³-hybridized carbons (Fsp3) is 0.643. The number of fused-ring (bicyclic) bond motifs is 1. The molecule has 7 heteroatoms. The Morgan fingerprint density at radius 1 is 1.52 bits per heavy atom. The molecule has 2 saturated heterocycles. The second-order valence-electron chi connectivity index (χ2n) is 5.92. The molecule has 4 heterocycles. The number of anilines is 1. The Hall–Kier alpha value is -1.34. The third-order valence-electron chi connectivity index (χ3n) is 4.29. The standard InChI is InChI=1S/C14H19N5OS/c1-10-6-12(19-13(17-10)15-9-16-19)18-11-2-4-20-14(7-11)3-5-21-8-14/h6,9,11,18H,2-5,7-8H2,1H3/t11-,14+/m0/s1. The predicted molar refractivity (Wildman–Crippen MR) is 82.8 cm³/mol. The number of thioether (sulfide) groups is 1. The number of aryl methyl sites for hydroxylation is 1. The predicted octanol–water partition coefficient (Wildman–Crippen LogP) is 1.90. The zero-order valence-corrected chi connectivity index (χ0v) is 12.9. The molecule has 0 bridgehead atoms. The van der Waals surface area contributed by atoms with Crippen molar-refractivity contribution in [1.29, 1.82) is 0 Å². The number of hydrogen-bond acceptors (Lipinski definition) is 6. The van der Waals surface area contributed by atoms with Gasteiger partial charge in [0.15, 0.2) is 0 Å². The lowest BCUT2D eigenvalue weighted by molar-refractivity contribution is -0.0628. The van der Waals surface area contributed by atoms with Crippen molar-refractivity contribution >= 4 is 23.4 Å². The summed E-state index contributed by atoms with van der Waals surface area (Å²) in [5, 5.41) is 7.89. The molecule has 21 heavy (non-hydrogen) atoms. The average Bonchev–Trinajstić information content (AvgIpc) is 3.08. The van der Waals surface area contributed by atoms with Crippen LogP contribution < -0.4 is 5.32 Å². The highest BCUT2D eigenvalue weighted by molar-refractivity contribution is 7.99. The first kappa shape index (κ1) is 13.3. The van der Waals surface area contributed by atoms with Gasteiger partial charge in [0.2, 0.25) is 0 Å². The first-order valence-corrected chi connectivity index (χ1v) is 8.55. The van der Waals surface area contributed by atoms with Gasteiger partial charge in [0.05, 0.1) is 5.60 Å². The molecular formula is C14H19N5OS. The van der Waals surface area contributed by atoms with Crippen molar-refractivity contribution < 1.29 is 4.74 Å². The first-order valence-electron chi connectivity index (χ1n) is 7.40. The van der Waals surface area contributed by atoms with Crippen molar-refractivity contribution in [3.8, 4) is 0 Å². The SMILES string of the molecule is Cc1cc(N[C@H]2CCO[C@]3(CCSC3)C2)n2ncnc2n1. The van der Waals surface area contributed by atoms with Crippen LogP contribution >= 0.6 is 11.8 Å². The van der Waals surface area contributed by atoms with Crippen molar-refractivity contribution in [2.75, 3.05) is 23.4 Å². The van der Waals surface area contributed by atoms with Crippen LogP contribution in [0, 0.1) is 6.92 Å². The molecule has 2 aromatic heterocycles. The summed E-state index contributed by atoms with van der Waals surface area (Å²) in [5.74, 6) is 3.96. The maximum absolute atomic E-state index is 6.08. The zero-order chi connectivity index (χ0) is 14.3. The summed E-state index contributed by atoms with van der Waals surface area (Å²) in [5.41, 5.74) is 1.04. The number of hydrogen-bond donors (Lipinski definition) is 1. The largest absolute Gasteiger partial charge is 0.374 e. The maximum Gasteiger partial charge on any atom is 0.254 e. The minimum atomic E-state index is 0.0874. The average molecular weight is 305 g/mol. The molecule has 0 unspecified atom stereocenters. The first-order chi connectivity index (χ1) is 10.2. The minimum absolute atomic E-state index is 0.0874. The summed E-state index contributed by atoms with van der Waals surface area (Å²) in [4.78, 5) is 8.56. The van der Waals surface area contributed by atoms with E-state index in [-0.39, 0.29) is 5.60 Å². The van der Waals surface area contributed by atoms with Crippen molar-refractivity contribution in [3.05, 3.63) is 18.1 Å². The number of ether oxygens (including phenoxy) is 1. The van der Waals surface area contributed by atoms with E-state index in [1.807, 2.05) is 24.8 Å². The van der Waals surface area contributed by atoms with Crippen LogP contribution in [0.1, 0.15) is 25.0 Å². The van der Waals surface area contributed by atoms with Crippen molar-refractivity contribution in [2.45, 2.75) is 37.8 Å². The maximum atomic E-state index is 6.08. The third kappa shape index (κ3) is 2.48. The Labute approximate surface area is 127 Å². The van der Waals surface area contributed by atoms with Crippen LogP contribution in [0.15, 0.2) is 12.4 Å². The lowest BCUT2D eigenvalue weighted by atomic mass is 9.90. The van der Waals surface area contributed by atoms with Crippen LogP contribution in [0.4, 0.5) is 5.82 Å². The van der Waals surface area contributed by atoms with E-state index in [0.717, 1.165) is 36.7 Å². The minimum Gasteiger partial charge on any atom is -0.374 e. The number of nitrogens with zero attached hydrogens (tertiary/aromatic N) is 4. The smallest absolute Gasteiger partial charge is 0.254 e. The Bertz CT molecular complexity index is 652. The summed E-state index contributed by atoms with van der Waals surface area (Å²) in [7, 11) is 0. The van der Waals surface area contributed by atoms with Gasteiger partial charge in [-0.25, -0.2) is 4.98 Å². The Balaban J connectivity index is 1.58. The molecule has 1 N–H and O–H groups in total. The Morgan fingerprint density at radius 2 is 2.48 bits per heavy atom. The highest BCUT2D eigenvalue weighted by Gasteiger charge is 2.40. The van der Waals surface area contributed by atoms with Gasteiger partial charge in [-0.1, -0.05) is 0 Å². The third-order valence-corrected chi connectivity index (χ3v) is 5.52. The van der Waals surface area contributed by atoms with Crippen molar-refractivity contribution in [3.63, 3.8) is 0 Å². The molecule has 2 fully saturated rings. The molecule has 6 nitrogen and oxygen atoms in total. The Morgan fingerprint density at radius 3 is 3.33 bits per heavy atom. The highest BCUT2D eigenvalue weighted by atomic mass is 32.2. The molecule has 2 aliphatic rings. The number of aromatic nitrogens is 4. The van der Waals surface area contributed by atoms with Crippen LogP contribution in [0.5, 0.6) is 0 Å². The van der Waals surface area contributed by atoms with Gasteiger partial charge in [-0.15, -0.1) is 0 Å². The lowest BCUT2D eigenvalue weighted by Gasteiger charge is -2.38. The van der Waals surface area contributed by atoms with Gasteiger partial charge >= 0.3 is 0 Å². The quantitative estimate of drug-likeness (QED) is 0.914. The fourth-order valence-electron chi connectivity index (χ4n) is 3.26. The summed E-state index contributed by atoms with van der Waals surface area (Å²) in [6.07, 6.45) is 4.82. The fourth-order valence-corrected chi connectivity index (χ4v) is 4.64. The van der Waals surface area contributed by atoms with Gasteiger partial charge < -0.3 is 10.1 Å². The van der Waals surface area contributed by atoms with Crippen LogP contribution in [0.25, 0.3) is 5.78 Å².